The first-order valence-electron chi connectivity index (χ1n) is 10.4. The molecule has 4 amide bonds. The Morgan fingerprint density at radius 1 is 1.17 bits per heavy atom. The minimum atomic E-state index is -1.04. The zero-order valence-electron chi connectivity index (χ0n) is 17.2. The standard InChI is InChI=1S/C21H28N4O5/c1-29-20(28)23-11-8-16(9-12-23)21(18(22)26)10-7-17-13-24(21)19(27)25(17)30-14-15-5-3-2-4-6-15/h2-6,16-17H,7-14H2,1H3,(H2,22,26)/t17-,21+/m1/s1. The number of nitrogens with zero attached hydrogens (tertiary/aromatic N) is 3. The molecule has 2 atom stereocenters. The third-order valence-corrected chi connectivity index (χ3v) is 6.73. The van der Waals surface area contributed by atoms with Gasteiger partial charge < -0.3 is 20.3 Å². The molecule has 1 aromatic rings. The third kappa shape index (κ3) is 3.36. The maximum absolute atomic E-state index is 13.2. The number of carbonyl (C=O) groups excluding carboxylic acids is 3. The molecular formula is C21H28N4O5. The van der Waals surface area contributed by atoms with Crippen molar-refractivity contribution in [1.82, 2.24) is 14.9 Å². The second-order valence-corrected chi connectivity index (χ2v) is 8.19. The molecule has 30 heavy (non-hydrogen) atoms. The Labute approximate surface area is 175 Å². The van der Waals surface area contributed by atoms with Gasteiger partial charge in [0.2, 0.25) is 5.91 Å². The lowest BCUT2D eigenvalue weighted by molar-refractivity contribution is -0.141. The number of methoxy groups -OCH3 is 1. The number of nitrogens with two attached hydrogens (primary N) is 1. The highest BCUT2D eigenvalue weighted by Crippen LogP contribution is 2.44. The summed E-state index contributed by atoms with van der Waals surface area (Å²) < 4.78 is 4.79. The van der Waals surface area contributed by atoms with Gasteiger partial charge in [-0.2, -0.15) is 5.06 Å². The van der Waals surface area contributed by atoms with E-state index in [1.807, 2.05) is 30.3 Å². The summed E-state index contributed by atoms with van der Waals surface area (Å²) in [6, 6.07) is 9.25. The Morgan fingerprint density at radius 2 is 1.87 bits per heavy atom. The summed E-state index contributed by atoms with van der Waals surface area (Å²) >= 11 is 0. The average Bonchev–Trinajstić information content (AvgIpc) is 3.03. The number of hydroxylamine groups is 2. The number of amides is 4. The van der Waals surface area contributed by atoms with Crippen molar-refractivity contribution in [2.75, 3.05) is 26.7 Å². The van der Waals surface area contributed by atoms with Crippen molar-refractivity contribution in [3.05, 3.63) is 35.9 Å². The van der Waals surface area contributed by atoms with Crippen LogP contribution >= 0.6 is 0 Å². The van der Waals surface area contributed by atoms with Crippen LogP contribution in [0.4, 0.5) is 9.59 Å². The van der Waals surface area contributed by atoms with E-state index in [4.69, 9.17) is 15.3 Å². The normalized spacial score (nSPS) is 26.8. The largest absolute Gasteiger partial charge is 0.453 e. The van der Waals surface area contributed by atoms with Gasteiger partial charge in [-0.15, -0.1) is 0 Å². The molecule has 9 nitrogen and oxygen atoms in total. The van der Waals surface area contributed by atoms with E-state index in [0.717, 1.165) is 5.56 Å². The monoisotopic (exact) mass is 416 g/mol. The second-order valence-electron chi connectivity index (χ2n) is 8.19. The molecule has 1 aromatic carbocycles. The Kier molecular flexibility index (Phi) is 5.55. The minimum absolute atomic E-state index is 0.0937. The molecule has 3 fully saturated rings. The fraction of sp³-hybridized carbons (Fsp3) is 0.571. The molecule has 2 N–H and O–H groups in total. The van der Waals surface area contributed by atoms with Gasteiger partial charge in [-0.05, 0) is 37.2 Å². The first kappa shape index (κ1) is 20.5. The number of primary amides is 1. The summed E-state index contributed by atoms with van der Waals surface area (Å²) in [5.74, 6) is -0.578. The van der Waals surface area contributed by atoms with E-state index in [2.05, 4.69) is 0 Å². The van der Waals surface area contributed by atoms with Crippen LogP contribution < -0.4 is 5.73 Å². The molecule has 0 aliphatic carbocycles. The van der Waals surface area contributed by atoms with Gasteiger partial charge in [0.05, 0.1) is 13.2 Å². The highest BCUT2D eigenvalue weighted by Gasteiger charge is 2.60. The Hall–Kier alpha value is -2.81. The molecule has 0 radical (unpaired) electrons. The van der Waals surface area contributed by atoms with Crippen molar-refractivity contribution < 1.29 is 24.0 Å². The maximum atomic E-state index is 13.2. The average molecular weight is 416 g/mol. The number of rotatable bonds is 5. The Balaban J connectivity index is 1.49. The van der Waals surface area contributed by atoms with E-state index in [-0.39, 0.29) is 30.7 Å². The molecule has 9 heteroatoms. The molecule has 3 aliphatic rings. The summed E-state index contributed by atoms with van der Waals surface area (Å²) in [4.78, 5) is 46.9. The number of likely N-dealkylation sites (tertiary alicyclic amines) is 1. The summed E-state index contributed by atoms with van der Waals surface area (Å²) in [7, 11) is 1.35. The van der Waals surface area contributed by atoms with Crippen LogP contribution in [0.5, 0.6) is 0 Å². The van der Waals surface area contributed by atoms with Crippen LogP contribution in [0.25, 0.3) is 0 Å². The molecule has 3 heterocycles. The fourth-order valence-electron chi connectivity index (χ4n) is 5.13. The van der Waals surface area contributed by atoms with Crippen molar-refractivity contribution in [3.8, 4) is 0 Å². The molecule has 4 rings (SSSR count). The maximum Gasteiger partial charge on any atom is 0.409 e. The molecule has 3 aliphatic heterocycles. The van der Waals surface area contributed by atoms with Gasteiger partial charge in [0.25, 0.3) is 0 Å². The summed E-state index contributed by atoms with van der Waals surface area (Å²) in [6.07, 6.45) is 1.97. The molecular weight excluding hydrogens is 388 g/mol. The highest BCUT2D eigenvalue weighted by atomic mass is 16.7. The number of carbonyl (C=O) groups is 3. The van der Waals surface area contributed by atoms with Crippen LogP contribution in [0.2, 0.25) is 0 Å². The number of urea groups is 1. The lowest BCUT2D eigenvalue weighted by Crippen LogP contribution is -2.65. The smallest absolute Gasteiger partial charge is 0.409 e. The topological polar surface area (TPSA) is 105 Å². The molecule has 0 saturated carbocycles. The van der Waals surface area contributed by atoms with E-state index in [1.54, 1.807) is 9.80 Å². The molecule has 0 spiro atoms. The van der Waals surface area contributed by atoms with Gasteiger partial charge in [0, 0.05) is 19.6 Å². The van der Waals surface area contributed by atoms with Crippen LogP contribution in [-0.2, 0) is 21.0 Å². The number of ether oxygens (including phenoxy) is 1. The summed E-state index contributed by atoms with van der Waals surface area (Å²) in [5, 5.41) is 1.42. The number of hydrogen-bond donors (Lipinski definition) is 1. The lowest BCUT2D eigenvalue weighted by atomic mass is 9.71. The van der Waals surface area contributed by atoms with Gasteiger partial charge in [-0.1, -0.05) is 30.3 Å². The van der Waals surface area contributed by atoms with Gasteiger partial charge >= 0.3 is 12.1 Å². The molecule has 0 aromatic heterocycles. The van der Waals surface area contributed by atoms with Gasteiger partial charge in [-0.25, -0.2) is 9.59 Å². The van der Waals surface area contributed by atoms with Gasteiger partial charge in [0.1, 0.15) is 12.1 Å². The van der Waals surface area contributed by atoms with Crippen molar-refractivity contribution >= 4 is 18.0 Å². The van der Waals surface area contributed by atoms with Crippen LogP contribution in [-0.4, -0.2) is 71.2 Å². The Morgan fingerprint density at radius 3 is 2.50 bits per heavy atom. The van der Waals surface area contributed by atoms with Crippen LogP contribution in [0, 0.1) is 5.92 Å². The predicted molar refractivity (Wildman–Crippen MR) is 107 cm³/mol. The number of fused-ring (bicyclic) bond motifs is 2. The molecule has 0 unspecified atom stereocenters. The third-order valence-electron chi connectivity index (χ3n) is 6.73. The van der Waals surface area contributed by atoms with E-state index in [1.165, 1.54) is 12.2 Å². The number of hydrogen-bond acceptors (Lipinski definition) is 5. The molecule has 2 bridgehead atoms. The van der Waals surface area contributed by atoms with Crippen molar-refractivity contribution in [1.29, 1.82) is 0 Å². The summed E-state index contributed by atoms with van der Waals surface area (Å²) in [5.41, 5.74) is 5.84. The first-order valence-corrected chi connectivity index (χ1v) is 10.4. The van der Waals surface area contributed by atoms with Crippen LogP contribution in [0.3, 0.4) is 0 Å². The second kappa shape index (κ2) is 8.14. The fourth-order valence-corrected chi connectivity index (χ4v) is 5.13. The van der Waals surface area contributed by atoms with Gasteiger partial charge in [-0.3, -0.25) is 9.63 Å². The van der Waals surface area contributed by atoms with E-state index in [0.29, 0.717) is 45.3 Å². The molecule has 3 saturated heterocycles. The van der Waals surface area contributed by atoms with Crippen molar-refractivity contribution in [2.45, 2.75) is 43.9 Å². The highest BCUT2D eigenvalue weighted by molar-refractivity contribution is 5.91. The number of piperidine rings is 2. The first-order chi connectivity index (χ1) is 14.5. The minimum Gasteiger partial charge on any atom is -0.453 e. The quantitative estimate of drug-likeness (QED) is 0.787. The predicted octanol–water partition coefficient (Wildman–Crippen LogP) is 1.72. The van der Waals surface area contributed by atoms with Crippen molar-refractivity contribution in [3.63, 3.8) is 0 Å². The van der Waals surface area contributed by atoms with Crippen LogP contribution in [0.1, 0.15) is 31.2 Å². The molecule has 162 valence electrons. The zero-order valence-corrected chi connectivity index (χ0v) is 17.2. The van der Waals surface area contributed by atoms with Gasteiger partial charge in [0.15, 0.2) is 0 Å². The SMILES string of the molecule is COC(=O)N1CCC([C@]2(C(N)=O)CC[C@@H]3CN2C(=O)N3OCc2ccccc2)CC1. The summed E-state index contributed by atoms with van der Waals surface area (Å²) in [6.45, 7) is 1.67. The van der Waals surface area contributed by atoms with Crippen molar-refractivity contribution in [2.24, 2.45) is 11.7 Å². The van der Waals surface area contributed by atoms with E-state index >= 15 is 0 Å². The zero-order chi connectivity index (χ0) is 21.3. The van der Waals surface area contributed by atoms with E-state index in [9.17, 15) is 14.4 Å². The van der Waals surface area contributed by atoms with Crippen LogP contribution in [0.15, 0.2) is 30.3 Å². The van der Waals surface area contributed by atoms with E-state index < -0.39 is 11.4 Å². The number of benzene rings is 1. The lowest BCUT2D eigenvalue weighted by Gasteiger charge is -2.48. The Bertz CT molecular complexity index is 811.